The SMILES string of the molecule is NC(=O)C1(C(=O)N(CCc2ccccc2)C(=O)N[C@H](CC2COCOC2)C2CCNCC2)CCCC1. The van der Waals surface area contributed by atoms with E-state index in [0.717, 1.165) is 50.8 Å². The monoisotopic (exact) mass is 500 g/mol. The molecule has 0 aromatic heterocycles. The number of hydrogen-bond acceptors (Lipinski definition) is 6. The molecule has 3 aliphatic rings. The van der Waals surface area contributed by atoms with Crippen LogP contribution in [0.4, 0.5) is 4.79 Å². The van der Waals surface area contributed by atoms with E-state index >= 15 is 0 Å². The number of rotatable bonds is 9. The second-order valence-electron chi connectivity index (χ2n) is 10.5. The van der Waals surface area contributed by atoms with E-state index in [1.54, 1.807) is 0 Å². The van der Waals surface area contributed by atoms with Crippen LogP contribution in [0.25, 0.3) is 0 Å². The molecule has 0 unspecified atom stereocenters. The van der Waals surface area contributed by atoms with Gasteiger partial charge in [0.1, 0.15) is 12.2 Å². The second kappa shape index (κ2) is 12.7. The zero-order valence-electron chi connectivity index (χ0n) is 21.1. The number of carbonyl (C=O) groups is 3. The molecule has 4 rings (SSSR count). The molecule has 1 aliphatic carbocycles. The zero-order valence-corrected chi connectivity index (χ0v) is 21.1. The maximum atomic E-state index is 13.8. The van der Waals surface area contributed by atoms with Crippen LogP contribution in [0.15, 0.2) is 30.3 Å². The normalized spacial score (nSPS) is 21.6. The number of piperidine rings is 1. The summed E-state index contributed by atoms with van der Waals surface area (Å²) in [4.78, 5) is 41.4. The summed E-state index contributed by atoms with van der Waals surface area (Å²) < 4.78 is 11.0. The topological polar surface area (TPSA) is 123 Å². The number of primary amides is 1. The van der Waals surface area contributed by atoms with Crippen molar-refractivity contribution in [2.75, 3.05) is 39.6 Å². The molecule has 2 saturated heterocycles. The molecule has 1 saturated carbocycles. The van der Waals surface area contributed by atoms with Gasteiger partial charge in [0.15, 0.2) is 0 Å². The maximum Gasteiger partial charge on any atom is 0.324 e. The summed E-state index contributed by atoms with van der Waals surface area (Å²) in [6, 6.07) is 9.19. The molecule has 198 valence electrons. The Morgan fingerprint density at radius 2 is 1.75 bits per heavy atom. The first-order valence-corrected chi connectivity index (χ1v) is 13.3. The molecular weight excluding hydrogens is 460 g/mol. The molecule has 1 aromatic rings. The fourth-order valence-corrected chi connectivity index (χ4v) is 5.87. The molecule has 9 nitrogen and oxygen atoms in total. The smallest absolute Gasteiger partial charge is 0.324 e. The summed E-state index contributed by atoms with van der Waals surface area (Å²) in [7, 11) is 0. The Bertz CT molecular complexity index is 877. The van der Waals surface area contributed by atoms with Crippen LogP contribution in [0.3, 0.4) is 0 Å². The Labute approximate surface area is 213 Å². The number of nitrogens with one attached hydrogen (secondary N) is 2. The Kier molecular flexibility index (Phi) is 9.34. The molecule has 36 heavy (non-hydrogen) atoms. The number of carbonyl (C=O) groups excluding carboxylic acids is 3. The van der Waals surface area contributed by atoms with Gasteiger partial charge in [0.05, 0.1) is 13.2 Å². The summed E-state index contributed by atoms with van der Waals surface area (Å²) in [5, 5.41) is 6.59. The van der Waals surface area contributed by atoms with E-state index in [0.29, 0.717) is 45.2 Å². The van der Waals surface area contributed by atoms with E-state index in [1.807, 2.05) is 30.3 Å². The highest BCUT2D eigenvalue weighted by atomic mass is 16.7. The Morgan fingerprint density at radius 3 is 2.39 bits per heavy atom. The van der Waals surface area contributed by atoms with E-state index in [1.165, 1.54) is 4.90 Å². The number of amides is 4. The Hall–Kier alpha value is -2.49. The molecular formula is C27H40N4O5. The molecule has 0 radical (unpaired) electrons. The van der Waals surface area contributed by atoms with Crippen LogP contribution >= 0.6 is 0 Å². The molecule has 0 bridgehead atoms. The van der Waals surface area contributed by atoms with E-state index in [4.69, 9.17) is 15.2 Å². The van der Waals surface area contributed by atoms with Gasteiger partial charge in [-0.3, -0.25) is 14.5 Å². The van der Waals surface area contributed by atoms with Crippen molar-refractivity contribution in [2.45, 2.75) is 57.4 Å². The van der Waals surface area contributed by atoms with E-state index < -0.39 is 23.3 Å². The highest BCUT2D eigenvalue weighted by Crippen LogP contribution is 2.40. The van der Waals surface area contributed by atoms with Crippen LogP contribution in [0.1, 0.15) is 50.5 Å². The van der Waals surface area contributed by atoms with Gasteiger partial charge in [-0.2, -0.15) is 0 Å². The van der Waals surface area contributed by atoms with Crippen molar-refractivity contribution in [1.29, 1.82) is 0 Å². The van der Waals surface area contributed by atoms with Gasteiger partial charge in [-0.25, -0.2) is 4.79 Å². The number of urea groups is 1. The van der Waals surface area contributed by atoms with Crippen LogP contribution in [0.2, 0.25) is 0 Å². The average molecular weight is 501 g/mol. The lowest BCUT2D eigenvalue weighted by Crippen LogP contribution is -2.57. The molecule has 4 N–H and O–H groups in total. The van der Waals surface area contributed by atoms with Crippen molar-refractivity contribution in [2.24, 2.45) is 23.0 Å². The first-order chi connectivity index (χ1) is 17.5. The summed E-state index contributed by atoms with van der Waals surface area (Å²) in [6.45, 7) is 3.49. The fraction of sp³-hybridized carbons (Fsp3) is 0.667. The van der Waals surface area contributed by atoms with Crippen molar-refractivity contribution in [3.8, 4) is 0 Å². The van der Waals surface area contributed by atoms with Gasteiger partial charge in [0, 0.05) is 18.5 Å². The zero-order chi connectivity index (χ0) is 25.4. The van der Waals surface area contributed by atoms with Crippen LogP contribution in [0, 0.1) is 17.3 Å². The van der Waals surface area contributed by atoms with Gasteiger partial charge < -0.3 is 25.8 Å². The molecule has 3 fully saturated rings. The van der Waals surface area contributed by atoms with Crippen molar-refractivity contribution in [3.63, 3.8) is 0 Å². The molecule has 1 atom stereocenters. The minimum atomic E-state index is -1.30. The summed E-state index contributed by atoms with van der Waals surface area (Å²) >= 11 is 0. The highest BCUT2D eigenvalue weighted by molar-refractivity contribution is 6.09. The number of hydrogen-bond donors (Lipinski definition) is 3. The van der Waals surface area contributed by atoms with Crippen molar-refractivity contribution in [1.82, 2.24) is 15.5 Å². The van der Waals surface area contributed by atoms with E-state index in [-0.39, 0.29) is 18.5 Å². The molecule has 4 amide bonds. The lowest BCUT2D eigenvalue weighted by molar-refractivity contribution is -0.146. The highest BCUT2D eigenvalue weighted by Gasteiger charge is 2.50. The van der Waals surface area contributed by atoms with Crippen LogP contribution in [-0.2, 0) is 25.5 Å². The third kappa shape index (κ3) is 6.44. The largest absolute Gasteiger partial charge is 0.369 e. The number of benzene rings is 1. The van der Waals surface area contributed by atoms with Crippen molar-refractivity contribution >= 4 is 17.8 Å². The Balaban J connectivity index is 1.54. The first kappa shape index (κ1) is 26.6. The van der Waals surface area contributed by atoms with Crippen LogP contribution < -0.4 is 16.4 Å². The van der Waals surface area contributed by atoms with Crippen LogP contribution in [-0.4, -0.2) is 68.4 Å². The predicted octanol–water partition coefficient (Wildman–Crippen LogP) is 2.19. The first-order valence-electron chi connectivity index (χ1n) is 13.3. The van der Waals surface area contributed by atoms with Gasteiger partial charge in [-0.05, 0) is 63.1 Å². The lowest BCUT2D eigenvalue weighted by atomic mass is 9.83. The molecule has 2 heterocycles. The third-order valence-corrected chi connectivity index (χ3v) is 8.02. The lowest BCUT2D eigenvalue weighted by Gasteiger charge is -2.37. The Morgan fingerprint density at radius 1 is 1.08 bits per heavy atom. The molecule has 9 heteroatoms. The third-order valence-electron chi connectivity index (χ3n) is 8.02. The number of nitrogens with zero attached hydrogens (tertiary/aromatic N) is 1. The predicted molar refractivity (Wildman–Crippen MR) is 135 cm³/mol. The number of nitrogens with two attached hydrogens (primary N) is 1. The maximum absolute atomic E-state index is 13.8. The summed E-state index contributed by atoms with van der Waals surface area (Å²) in [5.41, 5.74) is 5.49. The van der Waals surface area contributed by atoms with Gasteiger partial charge in [0.2, 0.25) is 11.8 Å². The summed E-state index contributed by atoms with van der Waals surface area (Å²) in [5.74, 6) is -0.623. The average Bonchev–Trinajstić information content (AvgIpc) is 3.42. The van der Waals surface area contributed by atoms with Crippen LogP contribution in [0.5, 0.6) is 0 Å². The second-order valence-corrected chi connectivity index (χ2v) is 10.5. The standard InChI is InChI=1S/C27H40N4O5/c28-24(32)27(11-4-5-12-27)25(33)31(15-10-20-6-2-1-3-7-20)26(34)30-23(22-8-13-29-14-9-22)16-21-17-35-19-36-18-21/h1-3,6-7,21-23,29H,4-5,8-19H2,(H2,28,32)(H,30,34)/t23-/m1/s1. The minimum Gasteiger partial charge on any atom is -0.369 e. The van der Waals surface area contributed by atoms with Gasteiger partial charge in [-0.15, -0.1) is 0 Å². The fourth-order valence-electron chi connectivity index (χ4n) is 5.87. The molecule has 0 spiro atoms. The minimum absolute atomic E-state index is 0.116. The number of imide groups is 1. The van der Waals surface area contributed by atoms with Gasteiger partial charge in [0.25, 0.3) is 0 Å². The van der Waals surface area contributed by atoms with Gasteiger partial charge >= 0.3 is 6.03 Å². The van der Waals surface area contributed by atoms with Crippen molar-refractivity contribution in [3.05, 3.63) is 35.9 Å². The number of ether oxygens (including phenoxy) is 2. The van der Waals surface area contributed by atoms with Gasteiger partial charge in [-0.1, -0.05) is 43.2 Å². The van der Waals surface area contributed by atoms with E-state index in [2.05, 4.69) is 10.6 Å². The summed E-state index contributed by atoms with van der Waals surface area (Å²) in [6.07, 6.45) is 5.42. The van der Waals surface area contributed by atoms with Crippen molar-refractivity contribution < 1.29 is 23.9 Å². The quantitative estimate of drug-likeness (QED) is 0.447. The molecule has 1 aromatic carbocycles. The van der Waals surface area contributed by atoms with E-state index in [9.17, 15) is 14.4 Å². The molecule has 2 aliphatic heterocycles.